The summed E-state index contributed by atoms with van der Waals surface area (Å²) in [6.45, 7) is 4.61. The zero-order chi connectivity index (χ0) is 25.5. The van der Waals surface area contributed by atoms with Gasteiger partial charge in [0, 0.05) is 0 Å². The van der Waals surface area contributed by atoms with Crippen LogP contribution in [-0.2, 0) is 27.7 Å². The average molecular weight is 630 g/mol. The van der Waals surface area contributed by atoms with Crippen molar-refractivity contribution < 1.29 is 46.1 Å². The molecule has 0 saturated heterocycles. The number of anilines is 1. The first-order valence-electron chi connectivity index (χ1n) is 13.2. The predicted octanol–water partition coefficient (Wildman–Crippen LogP) is 1.47. The molecule has 0 atom stereocenters. The van der Waals surface area contributed by atoms with Gasteiger partial charge in [-0.25, -0.2) is 0 Å². The Morgan fingerprint density at radius 3 is 1.85 bits per heavy atom. The van der Waals surface area contributed by atoms with Crippen LogP contribution in [0.25, 0.3) is 11.1 Å². The molecule has 0 amide bonds. The first-order valence-corrected chi connectivity index (χ1v) is 16.9. The Kier molecular flexibility index (Phi) is 9.33. The molecule has 0 aliphatic heterocycles. The number of fused-ring (bicyclic) bond motifs is 3. The Morgan fingerprint density at radius 2 is 1.28 bits per heavy atom. The standard InChI is InChI=1S/C15H14N.C13H10.C7H9.2ClH.Zr/c1-16(2)14-9-5-7-12-10-11-6-3-4-8-13(11)15(12)14;1-3-7-12(8-4-1)11-13-9-5-2-6-10-13;1-6-4-3-5-7(6)2;;;/h3-6,8-9H,10H2,1-2H3;1-10H;4H,5H2,1-2H3;2*1H;/q;;;;;+2/p-2. The monoisotopic (exact) mass is 627 g/mol. The van der Waals surface area contributed by atoms with Crippen molar-refractivity contribution in [3.63, 3.8) is 0 Å². The third-order valence-corrected chi connectivity index (χ3v) is 15.4. The molecule has 196 valence electrons. The zero-order valence-electron chi connectivity index (χ0n) is 22.9. The maximum absolute atomic E-state index is 2.62. The largest absolute Gasteiger partial charge is 1.00 e. The van der Waals surface area contributed by atoms with Gasteiger partial charge >= 0.3 is 230 Å². The molecule has 4 aromatic rings. The van der Waals surface area contributed by atoms with Crippen LogP contribution in [0.15, 0.2) is 118 Å². The van der Waals surface area contributed by atoms with Gasteiger partial charge in [0.1, 0.15) is 0 Å². The number of hydrogen-bond acceptors (Lipinski definition) is 1. The number of rotatable bonds is 5. The molecule has 0 bridgehead atoms. The van der Waals surface area contributed by atoms with Crippen LogP contribution in [0.1, 0.15) is 42.5 Å². The van der Waals surface area contributed by atoms with E-state index in [1.807, 2.05) is 0 Å². The molecule has 0 radical (unpaired) electrons. The Balaban J connectivity index is 0.00000176. The van der Waals surface area contributed by atoms with Crippen molar-refractivity contribution in [1.29, 1.82) is 0 Å². The molecule has 4 aromatic carbocycles. The van der Waals surface area contributed by atoms with Crippen LogP contribution in [0.5, 0.6) is 0 Å². The molecule has 0 fully saturated rings. The van der Waals surface area contributed by atoms with E-state index in [4.69, 9.17) is 0 Å². The molecule has 4 heteroatoms. The van der Waals surface area contributed by atoms with Gasteiger partial charge in [-0.15, -0.1) is 0 Å². The van der Waals surface area contributed by atoms with E-state index in [1.165, 1.54) is 44.7 Å². The van der Waals surface area contributed by atoms with E-state index in [0.29, 0.717) is 0 Å². The summed E-state index contributed by atoms with van der Waals surface area (Å²) in [4.78, 5) is 2.29. The van der Waals surface area contributed by atoms with Gasteiger partial charge in [0.2, 0.25) is 0 Å². The third-order valence-electron chi connectivity index (χ3n) is 7.91. The van der Waals surface area contributed by atoms with Gasteiger partial charge in [-0.1, -0.05) is 0 Å². The first-order chi connectivity index (χ1) is 18.0. The predicted molar refractivity (Wildman–Crippen MR) is 156 cm³/mol. The van der Waals surface area contributed by atoms with Gasteiger partial charge in [-0.3, -0.25) is 0 Å². The molecule has 6 rings (SSSR count). The van der Waals surface area contributed by atoms with Crippen LogP contribution in [0.2, 0.25) is 0 Å². The van der Waals surface area contributed by atoms with Crippen molar-refractivity contribution >= 4 is 12.2 Å². The fraction of sp³-hybridized carbons (Fsp3) is 0.171. The van der Waals surface area contributed by atoms with Gasteiger partial charge in [0.05, 0.1) is 0 Å². The molecule has 0 N–H and O–H groups in total. The Bertz CT molecular complexity index is 1560. The van der Waals surface area contributed by atoms with E-state index in [0.717, 1.165) is 12.8 Å². The summed E-state index contributed by atoms with van der Waals surface area (Å²) in [6.07, 6.45) is 4.69. The van der Waals surface area contributed by atoms with Crippen LogP contribution in [-0.4, -0.2) is 17.3 Å². The van der Waals surface area contributed by atoms with Crippen LogP contribution in [0.4, 0.5) is 5.69 Å². The van der Waals surface area contributed by atoms with E-state index < -0.39 is 21.3 Å². The van der Waals surface area contributed by atoms with Crippen LogP contribution in [0, 0.1) is 0 Å². The molecule has 0 heterocycles. The Morgan fingerprint density at radius 1 is 0.692 bits per heavy atom. The van der Waals surface area contributed by atoms with E-state index in [9.17, 15) is 0 Å². The molecule has 0 saturated carbocycles. The minimum absolute atomic E-state index is 0. The molecular formula is C35H33Cl2NZr. The van der Waals surface area contributed by atoms with Crippen LogP contribution in [0.3, 0.4) is 0 Å². The maximum Gasteiger partial charge on any atom is -1.00 e. The molecule has 1 nitrogen and oxygen atoms in total. The van der Waals surface area contributed by atoms with Crippen LogP contribution < -0.4 is 33.0 Å². The average Bonchev–Trinajstić information content (AvgIpc) is 3.47. The zero-order valence-corrected chi connectivity index (χ0v) is 26.9. The number of hydrogen-bond donors (Lipinski definition) is 0. The number of allylic oxidation sites excluding steroid dienone is 4. The minimum atomic E-state index is -2.62. The van der Waals surface area contributed by atoms with Gasteiger partial charge in [-0.05, 0) is 0 Å². The summed E-state index contributed by atoms with van der Waals surface area (Å²) in [6, 6.07) is 36.3. The Labute approximate surface area is 253 Å². The van der Waals surface area contributed by atoms with Gasteiger partial charge in [0.25, 0.3) is 0 Å². The summed E-state index contributed by atoms with van der Waals surface area (Å²) in [5.74, 6) is 0. The van der Waals surface area contributed by atoms with Crippen molar-refractivity contribution in [2.75, 3.05) is 19.0 Å². The third kappa shape index (κ3) is 5.45. The van der Waals surface area contributed by atoms with Gasteiger partial charge < -0.3 is 24.8 Å². The number of benzene rings is 4. The second-order valence-corrected chi connectivity index (χ2v) is 16.5. The van der Waals surface area contributed by atoms with Gasteiger partial charge in [0.15, 0.2) is 0 Å². The van der Waals surface area contributed by atoms with E-state index in [1.54, 1.807) is 15.3 Å². The summed E-state index contributed by atoms with van der Waals surface area (Å²) < 4.78 is 4.92. The van der Waals surface area contributed by atoms with E-state index in [2.05, 4.69) is 136 Å². The summed E-state index contributed by atoms with van der Waals surface area (Å²) >= 11 is -2.62. The summed E-state index contributed by atoms with van der Waals surface area (Å²) in [7, 11) is 4.36. The smallest absolute Gasteiger partial charge is 1.00 e. The SMILES string of the molecule is CC1=C(C)C[C]([Zr+2](=[C](c2ccccc2)c2ccccc2)[c]2ccc(N(C)C)c3c2Cc2ccccc2-3)=C1.[Cl-].[Cl-]. The first kappa shape index (κ1) is 29.5. The molecule has 39 heavy (non-hydrogen) atoms. The van der Waals surface area contributed by atoms with Crippen molar-refractivity contribution in [3.05, 3.63) is 140 Å². The number of halogens is 2. The Hall–Kier alpha value is -2.51. The summed E-state index contributed by atoms with van der Waals surface area (Å²) in [5.41, 5.74) is 13.0. The van der Waals surface area contributed by atoms with Crippen molar-refractivity contribution in [2.45, 2.75) is 26.7 Å². The quantitative estimate of drug-likeness (QED) is 0.285. The van der Waals surface area contributed by atoms with E-state index in [-0.39, 0.29) is 24.8 Å². The topological polar surface area (TPSA) is 3.24 Å². The molecule has 0 unspecified atom stereocenters. The second-order valence-electron chi connectivity index (χ2n) is 10.5. The van der Waals surface area contributed by atoms with E-state index >= 15 is 0 Å². The van der Waals surface area contributed by atoms with Crippen LogP contribution >= 0.6 is 0 Å². The molecule has 0 aromatic heterocycles. The fourth-order valence-electron chi connectivity index (χ4n) is 5.99. The maximum atomic E-state index is 2.55. The normalized spacial score (nSPS) is 12.8. The molecule has 0 spiro atoms. The second kappa shape index (κ2) is 12.3. The van der Waals surface area contributed by atoms with Crippen molar-refractivity contribution in [1.82, 2.24) is 0 Å². The minimum Gasteiger partial charge on any atom is -1.00 e. The summed E-state index contributed by atoms with van der Waals surface area (Å²) in [5, 5.41) is 0. The number of nitrogens with zero attached hydrogens (tertiary/aromatic N) is 1. The molecular weight excluding hydrogens is 597 g/mol. The van der Waals surface area contributed by atoms with Crippen molar-refractivity contribution in [2.24, 2.45) is 0 Å². The molecule has 2 aliphatic rings. The van der Waals surface area contributed by atoms with Gasteiger partial charge in [-0.2, -0.15) is 0 Å². The van der Waals surface area contributed by atoms with Crippen molar-refractivity contribution in [3.8, 4) is 11.1 Å². The fourth-order valence-corrected chi connectivity index (χ4v) is 14.4. The molecule has 2 aliphatic carbocycles.